The van der Waals surface area contributed by atoms with Crippen LogP contribution < -0.4 is 5.32 Å². The molecule has 0 fully saturated rings. The van der Waals surface area contributed by atoms with Gasteiger partial charge in [0.1, 0.15) is 6.07 Å². The topological polar surface area (TPSA) is 56.0 Å². The third-order valence-corrected chi connectivity index (χ3v) is 3.73. The van der Waals surface area contributed by atoms with Gasteiger partial charge in [-0.3, -0.25) is 0 Å². The SMILES string of the molecule is C[C@H](O)CNc1ccc(C#N)c2c1CCS2. The lowest BCUT2D eigenvalue weighted by atomic mass is 10.1. The molecule has 0 amide bonds. The molecule has 0 unspecified atom stereocenters. The molecular formula is C12H14N2OS. The minimum Gasteiger partial charge on any atom is -0.392 e. The van der Waals surface area contributed by atoms with E-state index in [-0.39, 0.29) is 6.10 Å². The largest absolute Gasteiger partial charge is 0.392 e. The molecule has 0 aromatic heterocycles. The van der Waals surface area contributed by atoms with Crippen LogP contribution in [-0.4, -0.2) is 23.5 Å². The number of rotatable bonds is 3. The lowest BCUT2D eigenvalue weighted by Crippen LogP contribution is -2.16. The van der Waals surface area contributed by atoms with Crippen LogP contribution in [0.4, 0.5) is 5.69 Å². The van der Waals surface area contributed by atoms with Gasteiger partial charge in [0.05, 0.1) is 11.7 Å². The molecule has 0 saturated heterocycles. The zero-order valence-corrected chi connectivity index (χ0v) is 9.97. The molecule has 0 aliphatic carbocycles. The van der Waals surface area contributed by atoms with Crippen LogP contribution >= 0.6 is 11.8 Å². The predicted molar refractivity (Wildman–Crippen MR) is 65.8 cm³/mol. The van der Waals surface area contributed by atoms with E-state index in [0.717, 1.165) is 28.3 Å². The Morgan fingerprint density at radius 2 is 2.44 bits per heavy atom. The van der Waals surface area contributed by atoms with E-state index in [9.17, 15) is 5.11 Å². The highest BCUT2D eigenvalue weighted by molar-refractivity contribution is 7.99. The van der Waals surface area contributed by atoms with E-state index < -0.39 is 0 Å². The maximum absolute atomic E-state index is 9.24. The van der Waals surface area contributed by atoms with Crippen molar-refractivity contribution in [1.82, 2.24) is 0 Å². The fourth-order valence-corrected chi connectivity index (χ4v) is 2.97. The Labute approximate surface area is 99.5 Å². The Hall–Kier alpha value is -1.18. The lowest BCUT2D eigenvalue weighted by Gasteiger charge is -2.12. The standard InChI is InChI=1S/C12H14N2OS/c1-8(15)7-14-11-3-2-9(6-13)12-10(11)4-5-16-12/h2-3,8,14-15H,4-5,7H2,1H3/t8-/m0/s1. The molecule has 0 saturated carbocycles. The van der Waals surface area contributed by atoms with Crippen molar-refractivity contribution < 1.29 is 5.11 Å². The molecule has 4 heteroatoms. The van der Waals surface area contributed by atoms with Gasteiger partial charge in [-0.2, -0.15) is 5.26 Å². The summed E-state index contributed by atoms with van der Waals surface area (Å²) >= 11 is 1.74. The second-order valence-electron chi connectivity index (χ2n) is 3.91. The van der Waals surface area contributed by atoms with Gasteiger partial charge >= 0.3 is 0 Å². The van der Waals surface area contributed by atoms with Crippen LogP contribution in [-0.2, 0) is 6.42 Å². The van der Waals surface area contributed by atoms with E-state index in [0.29, 0.717) is 6.54 Å². The van der Waals surface area contributed by atoms with Crippen molar-refractivity contribution in [2.24, 2.45) is 0 Å². The Morgan fingerprint density at radius 1 is 1.62 bits per heavy atom. The van der Waals surface area contributed by atoms with Crippen molar-refractivity contribution in [1.29, 1.82) is 5.26 Å². The summed E-state index contributed by atoms with van der Waals surface area (Å²) in [7, 11) is 0. The zero-order valence-electron chi connectivity index (χ0n) is 9.16. The van der Waals surface area contributed by atoms with Gasteiger partial charge in [0.2, 0.25) is 0 Å². The molecule has 2 rings (SSSR count). The molecule has 0 spiro atoms. The van der Waals surface area contributed by atoms with E-state index >= 15 is 0 Å². The maximum atomic E-state index is 9.24. The predicted octanol–water partition coefficient (Wildman–Crippen LogP) is 2.00. The van der Waals surface area contributed by atoms with E-state index in [1.54, 1.807) is 18.7 Å². The van der Waals surface area contributed by atoms with E-state index in [2.05, 4.69) is 11.4 Å². The van der Waals surface area contributed by atoms with Crippen LogP contribution in [0.5, 0.6) is 0 Å². The molecule has 0 radical (unpaired) electrons. The first-order chi connectivity index (χ1) is 7.72. The van der Waals surface area contributed by atoms with Crippen LogP contribution in [0.3, 0.4) is 0 Å². The summed E-state index contributed by atoms with van der Waals surface area (Å²) in [6.45, 7) is 2.30. The van der Waals surface area contributed by atoms with Crippen LogP contribution in [0.15, 0.2) is 17.0 Å². The first-order valence-electron chi connectivity index (χ1n) is 5.33. The molecular weight excluding hydrogens is 220 g/mol. The van der Waals surface area contributed by atoms with Crippen LogP contribution in [0, 0.1) is 11.3 Å². The fourth-order valence-electron chi connectivity index (χ4n) is 1.81. The van der Waals surface area contributed by atoms with E-state index in [1.165, 1.54) is 5.56 Å². The maximum Gasteiger partial charge on any atom is 0.100 e. The van der Waals surface area contributed by atoms with Gasteiger partial charge in [-0.1, -0.05) is 0 Å². The molecule has 1 aromatic carbocycles. The number of hydrogen-bond donors (Lipinski definition) is 2. The molecule has 1 heterocycles. The van der Waals surface area contributed by atoms with E-state index in [4.69, 9.17) is 5.26 Å². The number of hydrogen-bond acceptors (Lipinski definition) is 4. The van der Waals surface area contributed by atoms with Crippen molar-refractivity contribution in [2.45, 2.75) is 24.3 Å². The second-order valence-corrected chi connectivity index (χ2v) is 5.01. The average molecular weight is 234 g/mol. The number of aliphatic hydroxyl groups excluding tert-OH is 1. The smallest absolute Gasteiger partial charge is 0.100 e. The Kier molecular flexibility index (Phi) is 3.37. The van der Waals surface area contributed by atoms with Gasteiger partial charge in [0.25, 0.3) is 0 Å². The number of aliphatic hydroxyl groups is 1. The van der Waals surface area contributed by atoms with Crippen molar-refractivity contribution in [3.8, 4) is 6.07 Å². The highest BCUT2D eigenvalue weighted by Gasteiger charge is 2.19. The number of nitriles is 1. The van der Waals surface area contributed by atoms with Gasteiger partial charge in [0.15, 0.2) is 0 Å². The number of thioether (sulfide) groups is 1. The molecule has 1 aliphatic rings. The van der Waals surface area contributed by atoms with Crippen LogP contribution in [0.1, 0.15) is 18.1 Å². The summed E-state index contributed by atoms with van der Waals surface area (Å²) in [6.07, 6.45) is 0.637. The molecule has 16 heavy (non-hydrogen) atoms. The Bertz CT molecular complexity index is 437. The monoisotopic (exact) mass is 234 g/mol. The van der Waals surface area contributed by atoms with Crippen LogP contribution in [0.2, 0.25) is 0 Å². The van der Waals surface area contributed by atoms with E-state index in [1.807, 2.05) is 12.1 Å². The summed E-state index contributed by atoms with van der Waals surface area (Å²) in [5, 5.41) is 21.5. The summed E-state index contributed by atoms with van der Waals surface area (Å²) in [5.74, 6) is 1.04. The van der Waals surface area contributed by atoms with Crippen LogP contribution in [0.25, 0.3) is 0 Å². The van der Waals surface area contributed by atoms with Crippen molar-refractivity contribution >= 4 is 17.4 Å². The van der Waals surface area contributed by atoms with Gasteiger partial charge in [-0.25, -0.2) is 0 Å². The van der Waals surface area contributed by atoms with Gasteiger partial charge in [-0.05, 0) is 31.0 Å². The summed E-state index contributed by atoms with van der Waals surface area (Å²) in [5.41, 5.74) is 3.05. The summed E-state index contributed by atoms with van der Waals surface area (Å²) in [4.78, 5) is 1.11. The minimum atomic E-state index is -0.361. The third kappa shape index (κ3) is 2.16. The quantitative estimate of drug-likeness (QED) is 0.840. The number of nitrogens with one attached hydrogen (secondary N) is 1. The number of anilines is 1. The third-order valence-electron chi connectivity index (χ3n) is 2.57. The number of nitrogens with zero attached hydrogens (tertiary/aromatic N) is 1. The van der Waals surface area contributed by atoms with Crippen molar-refractivity contribution in [3.63, 3.8) is 0 Å². The fraction of sp³-hybridized carbons (Fsp3) is 0.417. The summed E-state index contributed by atoms with van der Waals surface area (Å²) < 4.78 is 0. The molecule has 1 atom stereocenters. The number of fused-ring (bicyclic) bond motifs is 1. The first kappa shape index (κ1) is 11.3. The van der Waals surface area contributed by atoms with Gasteiger partial charge < -0.3 is 10.4 Å². The molecule has 2 N–H and O–H groups in total. The zero-order chi connectivity index (χ0) is 11.5. The highest BCUT2D eigenvalue weighted by Crippen LogP contribution is 2.38. The van der Waals surface area contributed by atoms with Gasteiger partial charge in [-0.15, -0.1) is 11.8 Å². The molecule has 3 nitrogen and oxygen atoms in total. The second kappa shape index (κ2) is 4.77. The van der Waals surface area contributed by atoms with Crippen molar-refractivity contribution in [2.75, 3.05) is 17.6 Å². The Morgan fingerprint density at radius 3 is 3.12 bits per heavy atom. The molecule has 1 aromatic rings. The molecule has 0 bridgehead atoms. The minimum absolute atomic E-state index is 0.361. The number of benzene rings is 1. The normalized spacial score (nSPS) is 15.3. The van der Waals surface area contributed by atoms with Crippen molar-refractivity contribution in [3.05, 3.63) is 23.3 Å². The average Bonchev–Trinajstić information content (AvgIpc) is 2.74. The lowest BCUT2D eigenvalue weighted by molar-refractivity contribution is 0.208. The first-order valence-corrected chi connectivity index (χ1v) is 6.31. The summed E-state index contributed by atoms with van der Waals surface area (Å²) in [6, 6.07) is 6.01. The Balaban J connectivity index is 2.28. The molecule has 1 aliphatic heterocycles. The highest BCUT2D eigenvalue weighted by atomic mass is 32.2. The van der Waals surface area contributed by atoms with Gasteiger partial charge in [0, 0.05) is 22.9 Å². The molecule has 84 valence electrons.